The fraction of sp³-hybridized carbons (Fsp3) is 0.250. The maximum absolute atomic E-state index is 13.0. The second-order valence-corrected chi connectivity index (χ2v) is 7.67. The summed E-state index contributed by atoms with van der Waals surface area (Å²) < 4.78 is 19.3. The first kappa shape index (κ1) is 17.9. The Hall–Kier alpha value is -2.54. The van der Waals surface area contributed by atoms with Crippen LogP contribution in [0.4, 0.5) is 4.39 Å². The van der Waals surface area contributed by atoms with Gasteiger partial charge in [0.15, 0.2) is 0 Å². The van der Waals surface area contributed by atoms with E-state index in [1.807, 2.05) is 24.3 Å². The van der Waals surface area contributed by atoms with Gasteiger partial charge in [-0.05, 0) is 61.7 Å². The van der Waals surface area contributed by atoms with E-state index in [4.69, 9.17) is 4.52 Å². The lowest BCUT2D eigenvalue weighted by Gasteiger charge is -2.18. The third-order valence-corrected chi connectivity index (χ3v) is 5.32. The molecule has 138 valence electrons. The van der Waals surface area contributed by atoms with Crippen molar-refractivity contribution in [3.8, 4) is 11.4 Å². The van der Waals surface area contributed by atoms with E-state index in [0.29, 0.717) is 17.3 Å². The van der Waals surface area contributed by atoms with Crippen LogP contribution in [-0.4, -0.2) is 16.0 Å². The van der Waals surface area contributed by atoms with Crippen molar-refractivity contribution in [2.45, 2.75) is 31.2 Å². The van der Waals surface area contributed by atoms with Gasteiger partial charge < -0.3 is 9.84 Å². The van der Waals surface area contributed by atoms with Crippen molar-refractivity contribution in [1.82, 2.24) is 15.5 Å². The van der Waals surface area contributed by atoms with Crippen LogP contribution in [-0.2, 0) is 10.2 Å². The molecule has 2 aromatic carbocycles. The molecule has 0 aliphatic heterocycles. The van der Waals surface area contributed by atoms with Crippen LogP contribution >= 0.6 is 15.9 Å². The molecule has 1 atom stereocenters. The van der Waals surface area contributed by atoms with E-state index in [2.05, 4.69) is 31.4 Å². The average molecular weight is 430 g/mol. The van der Waals surface area contributed by atoms with Crippen LogP contribution in [0.1, 0.15) is 37.3 Å². The van der Waals surface area contributed by atoms with Gasteiger partial charge in [0.25, 0.3) is 0 Å². The zero-order valence-corrected chi connectivity index (χ0v) is 16.2. The zero-order chi connectivity index (χ0) is 19.0. The molecule has 27 heavy (non-hydrogen) atoms. The topological polar surface area (TPSA) is 68.0 Å². The summed E-state index contributed by atoms with van der Waals surface area (Å²) in [4.78, 5) is 17.2. The van der Waals surface area contributed by atoms with Crippen LogP contribution in [0.25, 0.3) is 11.4 Å². The van der Waals surface area contributed by atoms with Crippen molar-refractivity contribution in [2.75, 3.05) is 0 Å². The zero-order valence-electron chi connectivity index (χ0n) is 14.6. The fourth-order valence-corrected chi connectivity index (χ4v) is 3.48. The molecule has 0 bridgehead atoms. The van der Waals surface area contributed by atoms with E-state index in [1.54, 1.807) is 19.1 Å². The fourth-order valence-electron chi connectivity index (χ4n) is 3.08. The number of carbonyl (C=O) groups excluding carboxylic acids is 1. The van der Waals surface area contributed by atoms with E-state index in [9.17, 15) is 9.18 Å². The van der Waals surface area contributed by atoms with Crippen molar-refractivity contribution in [3.63, 3.8) is 0 Å². The van der Waals surface area contributed by atoms with Crippen LogP contribution in [0.15, 0.2) is 57.5 Å². The highest BCUT2D eigenvalue weighted by Gasteiger charge is 2.51. The molecule has 7 heteroatoms. The van der Waals surface area contributed by atoms with Crippen LogP contribution in [0.5, 0.6) is 0 Å². The quantitative estimate of drug-likeness (QED) is 0.645. The number of halogens is 2. The highest BCUT2D eigenvalue weighted by Crippen LogP contribution is 2.49. The molecule has 1 unspecified atom stereocenters. The summed E-state index contributed by atoms with van der Waals surface area (Å²) >= 11 is 3.46. The summed E-state index contributed by atoms with van der Waals surface area (Å²) in [5.41, 5.74) is 1.16. The van der Waals surface area contributed by atoms with Crippen molar-refractivity contribution in [1.29, 1.82) is 0 Å². The van der Waals surface area contributed by atoms with Gasteiger partial charge in [-0.2, -0.15) is 4.98 Å². The van der Waals surface area contributed by atoms with E-state index in [0.717, 1.165) is 22.9 Å². The monoisotopic (exact) mass is 429 g/mol. The molecule has 1 aliphatic rings. The largest absolute Gasteiger partial charge is 0.344 e. The van der Waals surface area contributed by atoms with Crippen LogP contribution < -0.4 is 5.32 Å². The first-order valence-corrected chi connectivity index (χ1v) is 9.44. The number of carbonyl (C=O) groups is 1. The molecule has 1 aromatic heterocycles. The minimum Gasteiger partial charge on any atom is -0.344 e. The Morgan fingerprint density at radius 3 is 2.67 bits per heavy atom. The smallest absolute Gasteiger partial charge is 0.249 e. The first-order chi connectivity index (χ1) is 13.0. The average Bonchev–Trinajstić information content (AvgIpc) is 3.33. The minimum atomic E-state index is -0.488. The number of rotatable bonds is 5. The number of aromatic nitrogens is 2. The molecule has 0 saturated heterocycles. The summed E-state index contributed by atoms with van der Waals surface area (Å²) in [5, 5.41) is 6.91. The molecule has 0 radical (unpaired) electrons. The van der Waals surface area contributed by atoms with Gasteiger partial charge in [-0.3, -0.25) is 4.79 Å². The van der Waals surface area contributed by atoms with Crippen LogP contribution in [0.2, 0.25) is 0 Å². The second-order valence-electron chi connectivity index (χ2n) is 6.75. The van der Waals surface area contributed by atoms with Gasteiger partial charge in [0, 0.05) is 10.0 Å². The molecule has 1 heterocycles. The lowest BCUT2D eigenvalue weighted by molar-refractivity contribution is -0.124. The van der Waals surface area contributed by atoms with Crippen molar-refractivity contribution >= 4 is 21.8 Å². The Morgan fingerprint density at radius 1 is 1.26 bits per heavy atom. The molecular formula is C20H17BrFN3O2. The highest BCUT2D eigenvalue weighted by molar-refractivity contribution is 9.10. The van der Waals surface area contributed by atoms with Crippen LogP contribution in [0, 0.1) is 5.82 Å². The lowest BCUT2D eigenvalue weighted by atomic mass is 9.95. The Kier molecular flexibility index (Phi) is 4.55. The molecule has 1 saturated carbocycles. The molecule has 1 aliphatic carbocycles. The van der Waals surface area contributed by atoms with Gasteiger partial charge in [0.2, 0.25) is 17.6 Å². The Balaban J connectivity index is 1.49. The first-order valence-electron chi connectivity index (χ1n) is 8.64. The molecule has 3 aromatic rings. The molecule has 1 N–H and O–H groups in total. The van der Waals surface area contributed by atoms with E-state index < -0.39 is 11.5 Å². The summed E-state index contributed by atoms with van der Waals surface area (Å²) in [6.45, 7) is 1.80. The predicted octanol–water partition coefficient (Wildman–Crippen LogP) is 4.55. The third kappa shape index (κ3) is 3.51. The lowest BCUT2D eigenvalue weighted by Crippen LogP contribution is -2.36. The number of benzene rings is 2. The summed E-state index contributed by atoms with van der Waals surface area (Å²) in [6.07, 6.45) is 1.62. The number of nitrogens with one attached hydrogen (secondary N) is 1. The number of amides is 1. The minimum absolute atomic E-state index is 0.0466. The van der Waals surface area contributed by atoms with Gasteiger partial charge in [0.05, 0.1) is 5.41 Å². The van der Waals surface area contributed by atoms with Gasteiger partial charge in [-0.15, -0.1) is 0 Å². The normalized spacial score (nSPS) is 16.0. The SMILES string of the molecule is CC(NC(=O)C1(c2cccc(Br)c2)CC1)c1nc(-c2ccc(F)cc2)no1. The van der Waals surface area contributed by atoms with Crippen molar-refractivity contribution in [2.24, 2.45) is 0 Å². The van der Waals surface area contributed by atoms with E-state index in [1.165, 1.54) is 12.1 Å². The van der Waals surface area contributed by atoms with E-state index in [-0.39, 0.29) is 11.7 Å². The van der Waals surface area contributed by atoms with Crippen LogP contribution in [0.3, 0.4) is 0 Å². The number of hydrogen-bond donors (Lipinski definition) is 1. The Labute approximate surface area is 164 Å². The molecule has 0 spiro atoms. The van der Waals surface area contributed by atoms with Crippen molar-refractivity contribution < 1.29 is 13.7 Å². The molecule has 5 nitrogen and oxygen atoms in total. The predicted molar refractivity (Wildman–Crippen MR) is 101 cm³/mol. The third-order valence-electron chi connectivity index (χ3n) is 4.82. The second kappa shape index (κ2) is 6.88. The number of hydrogen-bond acceptors (Lipinski definition) is 4. The van der Waals surface area contributed by atoms with Gasteiger partial charge in [-0.1, -0.05) is 33.2 Å². The molecule has 4 rings (SSSR count). The molecular weight excluding hydrogens is 413 g/mol. The molecule has 1 fully saturated rings. The van der Waals surface area contributed by atoms with Gasteiger partial charge in [-0.25, -0.2) is 4.39 Å². The maximum atomic E-state index is 13.0. The Morgan fingerprint density at radius 2 is 2.00 bits per heavy atom. The highest BCUT2D eigenvalue weighted by atomic mass is 79.9. The van der Waals surface area contributed by atoms with Gasteiger partial charge >= 0.3 is 0 Å². The standard InChI is InChI=1S/C20H17BrFN3O2/c1-12(18-24-17(25-27-18)13-5-7-16(22)8-6-13)23-19(26)20(9-10-20)14-3-2-4-15(21)11-14/h2-8,11-12H,9-10H2,1H3,(H,23,26). The maximum Gasteiger partial charge on any atom is 0.249 e. The number of nitrogens with zero attached hydrogens (tertiary/aromatic N) is 2. The van der Waals surface area contributed by atoms with Crippen molar-refractivity contribution in [3.05, 3.63) is 70.3 Å². The van der Waals surface area contributed by atoms with Gasteiger partial charge in [0.1, 0.15) is 11.9 Å². The summed E-state index contributed by atoms with van der Waals surface area (Å²) in [5.74, 6) is 0.298. The summed E-state index contributed by atoms with van der Waals surface area (Å²) in [6, 6.07) is 13.2. The summed E-state index contributed by atoms with van der Waals surface area (Å²) in [7, 11) is 0. The Bertz CT molecular complexity index is 983. The van der Waals surface area contributed by atoms with E-state index >= 15 is 0 Å². The molecule has 1 amide bonds.